The van der Waals surface area contributed by atoms with Crippen molar-refractivity contribution in [2.45, 2.75) is 46.7 Å². The molecular weight excluding hydrogens is 454 g/mol. The van der Waals surface area contributed by atoms with Gasteiger partial charge in [0.25, 0.3) is 5.91 Å². The Morgan fingerprint density at radius 1 is 1.14 bits per heavy atom. The molecule has 2 amide bonds. The van der Waals surface area contributed by atoms with Gasteiger partial charge in [0, 0.05) is 32.4 Å². The smallest absolute Gasteiger partial charge is 0.256 e. The van der Waals surface area contributed by atoms with E-state index in [1.807, 2.05) is 36.2 Å². The Labute approximate surface area is 214 Å². The second-order valence-corrected chi connectivity index (χ2v) is 9.70. The molecule has 0 bridgehead atoms. The number of hydrogen-bond acceptors (Lipinski definition) is 5. The van der Waals surface area contributed by atoms with E-state index in [1.54, 1.807) is 36.2 Å². The lowest BCUT2D eigenvalue weighted by molar-refractivity contribution is -0.145. The highest BCUT2D eigenvalue weighted by molar-refractivity contribution is 5.87. The van der Waals surface area contributed by atoms with Gasteiger partial charge in [0.15, 0.2) is 5.69 Å². The monoisotopic (exact) mass is 491 g/mol. The number of nitrogens with zero attached hydrogens (tertiary/aromatic N) is 4. The van der Waals surface area contributed by atoms with Gasteiger partial charge in [0.2, 0.25) is 5.91 Å². The normalized spacial score (nSPS) is 12.7. The zero-order valence-corrected chi connectivity index (χ0v) is 22.0. The van der Waals surface area contributed by atoms with Crippen LogP contribution >= 0.6 is 0 Å². The maximum Gasteiger partial charge on any atom is 0.256 e. The predicted octanol–water partition coefficient (Wildman–Crippen LogP) is 4.30. The number of fused-ring (bicyclic) bond motifs is 1. The Morgan fingerprint density at radius 2 is 1.89 bits per heavy atom. The highest BCUT2D eigenvalue weighted by atomic mass is 16.5. The molecule has 1 N–H and O–H groups in total. The van der Waals surface area contributed by atoms with Gasteiger partial charge in [-0.2, -0.15) is 0 Å². The fourth-order valence-corrected chi connectivity index (χ4v) is 4.32. The lowest BCUT2D eigenvalue weighted by Crippen LogP contribution is -2.48. The molecule has 8 nitrogen and oxygen atoms in total. The Balaban J connectivity index is 1.72. The minimum absolute atomic E-state index is 0.0222. The van der Waals surface area contributed by atoms with E-state index in [4.69, 9.17) is 11.3 Å². The molecule has 1 aliphatic heterocycles. The Bertz CT molecular complexity index is 1120. The number of hydrazine groups is 1. The Kier molecular flexibility index (Phi) is 9.31. The molecule has 0 aromatic heterocycles. The standard InChI is InChI=1S/C28H37N5O3/c1-20(2)8-7-13-30-27(34)18-32(26-15-24(29-4)11-9-21(26)3)19-28(35)31(5)33-16-22-10-12-25(36-6)14-23(22)17-33/h9-12,14-15,20H,7-8,13,16-19H2,1-3,5-6H3,(H,30,34). The van der Waals surface area contributed by atoms with E-state index < -0.39 is 0 Å². The summed E-state index contributed by atoms with van der Waals surface area (Å²) in [4.78, 5) is 31.5. The van der Waals surface area contributed by atoms with Crippen molar-refractivity contribution < 1.29 is 14.3 Å². The van der Waals surface area contributed by atoms with Crippen molar-refractivity contribution in [3.8, 4) is 5.75 Å². The van der Waals surface area contributed by atoms with Crippen LogP contribution in [0.2, 0.25) is 0 Å². The summed E-state index contributed by atoms with van der Waals surface area (Å²) in [6.45, 7) is 15.5. The number of rotatable bonds is 11. The summed E-state index contributed by atoms with van der Waals surface area (Å²) in [5.74, 6) is 1.12. The molecule has 0 spiro atoms. The van der Waals surface area contributed by atoms with E-state index in [2.05, 4.69) is 24.0 Å². The molecule has 8 heteroatoms. The number of carbonyl (C=O) groups excluding carboxylic acids is 2. The number of amides is 2. The number of aryl methyl sites for hydroxylation is 1. The third-order valence-corrected chi connectivity index (χ3v) is 6.51. The number of anilines is 1. The molecule has 0 unspecified atom stereocenters. The van der Waals surface area contributed by atoms with Crippen molar-refractivity contribution >= 4 is 23.2 Å². The maximum atomic E-state index is 13.4. The van der Waals surface area contributed by atoms with Gasteiger partial charge in [0.05, 0.1) is 26.8 Å². The lowest BCUT2D eigenvalue weighted by atomic mass is 10.1. The first-order chi connectivity index (χ1) is 17.2. The predicted molar refractivity (Wildman–Crippen MR) is 142 cm³/mol. The molecule has 36 heavy (non-hydrogen) atoms. The third-order valence-electron chi connectivity index (χ3n) is 6.51. The van der Waals surface area contributed by atoms with Gasteiger partial charge >= 0.3 is 0 Å². The summed E-state index contributed by atoms with van der Waals surface area (Å²) in [5.41, 5.74) is 4.40. The zero-order valence-electron chi connectivity index (χ0n) is 22.0. The summed E-state index contributed by atoms with van der Waals surface area (Å²) in [6.07, 6.45) is 1.96. The molecule has 2 aromatic rings. The number of benzene rings is 2. The van der Waals surface area contributed by atoms with E-state index in [-0.39, 0.29) is 24.9 Å². The molecule has 0 saturated carbocycles. The van der Waals surface area contributed by atoms with Crippen molar-refractivity contribution in [2.24, 2.45) is 5.92 Å². The highest BCUT2D eigenvalue weighted by Crippen LogP contribution is 2.29. The van der Waals surface area contributed by atoms with Crippen LogP contribution < -0.4 is 15.0 Å². The molecule has 192 valence electrons. The van der Waals surface area contributed by atoms with Crippen LogP contribution in [0.3, 0.4) is 0 Å². The van der Waals surface area contributed by atoms with Crippen LogP contribution in [0.5, 0.6) is 5.75 Å². The van der Waals surface area contributed by atoms with Crippen LogP contribution in [-0.4, -0.2) is 55.6 Å². The summed E-state index contributed by atoms with van der Waals surface area (Å²) in [7, 11) is 3.40. The summed E-state index contributed by atoms with van der Waals surface area (Å²) >= 11 is 0. The van der Waals surface area contributed by atoms with E-state index in [0.29, 0.717) is 31.2 Å². The van der Waals surface area contributed by atoms with Crippen molar-refractivity contribution in [1.82, 2.24) is 15.3 Å². The van der Waals surface area contributed by atoms with Crippen LogP contribution in [0.4, 0.5) is 11.4 Å². The Hall–Kier alpha value is -3.57. The molecule has 0 fully saturated rings. The average Bonchev–Trinajstić information content (AvgIpc) is 3.29. The number of hydrogen-bond donors (Lipinski definition) is 1. The van der Waals surface area contributed by atoms with Gasteiger partial charge < -0.3 is 15.0 Å². The molecule has 0 saturated heterocycles. The lowest BCUT2D eigenvalue weighted by Gasteiger charge is -2.32. The largest absolute Gasteiger partial charge is 0.497 e. The highest BCUT2D eigenvalue weighted by Gasteiger charge is 2.27. The van der Waals surface area contributed by atoms with E-state index >= 15 is 0 Å². The van der Waals surface area contributed by atoms with Crippen molar-refractivity contribution in [2.75, 3.05) is 38.7 Å². The molecule has 1 heterocycles. The summed E-state index contributed by atoms with van der Waals surface area (Å²) in [6, 6.07) is 11.3. The topological polar surface area (TPSA) is 69.5 Å². The molecule has 0 atom stereocenters. The zero-order chi connectivity index (χ0) is 26.2. The van der Waals surface area contributed by atoms with Crippen LogP contribution in [0.15, 0.2) is 36.4 Å². The fraction of sp³-hybridized carbons (Fsp3) is 0.464. The van der Waals surface area contributed by atoms with Gasteiger partial charge in [0.1, 0.15) is 5.75 Å². The first kappa shape index (κ1) is 27.0. The van der Waals surface area contributed by atoms with Gasteiger partial charge in [-0.05, 0) is 60.6 Å². The minimum Gasteiger partial charge on any atom is -0.497 e. The first-order valence-electron chi connectivity index (χ1n) is 12.4. The maximum absolute atomic E-state index is 13.4. The van der Waals surface area contributed by atoms with Gasteiger partial charge in [-0.1, -0.05) is 32.0 Å². The molecule has 1 aliphatic rings. The van der Waals surface area contributed by atoms with Crippen LogP contribution in [0.25, 0.3) is 4.85 Å². The van der Waals surface area contributed by atoms with Crippen LogP contribution in [0, 0.1) is 19.4 Å². The van der Waals surface area contributed by atoms with Gasteiger partial charge in [-0.25, -0.2) is 9.85 Å². The van der Waals surface area contributed by atoms with Gasteiger partial charge in [-0.3, -0.25) is 14.6 Å². The molecule has 3 rings (SSSR count). The number of ether oxygens (including phenoxy) is 1. The number of methoxy groups -OCH3 is 1. The fourth-order valence-electron chi connectivity index (χ4n) is 4.32. The number of nitrogens with one attached hydrogen (secondary N) is 1. The SMILES string of the molecule is [C-]#[N+]c1ccc(C)c(N(CC(=O)NCCCC(C)C)CC(=O)N(C)N2Cc3ccc(OC)cc3C2)c1. The Morgan fingerprint density at radius 3 is 2.58 bits per heavy atom. The minimum atomic E-state index is -0.137. The van der Waals surface area contributed by atoms with Crippen molar-refractivity contribution in [3.05, 3.63) is 64.5 Å². The molecule has 2 aromatic carbocycles. The quantitative estimate of drug-likeness (QED) is 0.375. The van der Waals surface area contributed by atoms with Gasteiger partial charge in [-0.15, -0.1) is 0 Å². The molecule has 0 aliphatic carbocycles. The third kappa shape index (κ3) is 6.98. The first-order valence-corrected chi connectivity index (χ1v) is 12.4. The van der Waals surface area contributed by atoms with Crippen molar-refractivity contribution in [3.63, 3.8) is 0 Å². The summed E-state index contributed by atoms with van der Waals surface area (Å²) in [5, 5.41) is 6.60. The molecule has 0 radical (unpaired) electrons. The molecular formula is C28H37N5O3. The second kappa shape index (κ2) is 12.4. The second-order valence-electron chi connectivity index (χ2n) is 9.70. The average molecular weight is 492 g/mol. The van der Waals surface area contributed by atoms with Crippen molar-refractivity contribution in [1.29, 1.82) is 0 Å². The van der Waals surface area contributed by atoms with Crippen LogP contribution in [-0.2, 0) is 22.7 Å². The van der Waals surface area contributed by atoms with E-state index in [9.17, 15) is 9.59 Å². The van der Waals surface area contributed by atoms with E-state index in [1.165, 1.54) is 0 Å². The van der Waals surface area contributed by atoms with Crippen LogP contribution in [0.1, 0.15) is 43.4 Å². The summed E-state index contributed by atoms with van der Waals surface area (Å²) < 4.78 is 5.33. The number of likely N-dealkylation sites (N-methyl/N-ethyl adjacent to an activating group) is 1. The van der Waals surface area contributed by atoms with E-state index in [0.717, 1.165) is 41.0 Å². The number of carbonyl (C=O) groups is 2.